The summed E-state index contributed by atoms with van der Waals surface area (Å²) in [5, 5.41) is 0. The van der Waals surface area contributed by atoms with Crippen molar-refractivity contribution < 1.29 is 4.74 Å². The van der Waals surface area contributed by atoms with Gasteiger partial charge in [0.05, 0.1) is 6.61 Å². The van der Waals surface area contributed by atoms with E-state index in [1.807, 2.05) is 0 Å². The first-order valence-electron chi connectivity index (χ1n) is 4.65. The predicted molar refractivity (Wildman–Crippen MR) is 44.3 cm³/mol. The highest BCUT2D eigenvalue weighted by molar-refractivity contribution is 4.91. The van der Waals surface area contributed by atoms with Gasteiger partial charge in [-0.3, -0.25) is 0 Å². The molecule has 2 aliphatic rings. The lowest BCUT2D eigenvalue weighted by atomic mass is 9.76. The van der Waals surface area contributed by atoms with E-state index in [1.165, 1.54) is 25.7 Å². The van der Waals surface area contributed by atoms with Gasteiger partial charge in [-0.05, 0) is 18.8 Å². The normalized spacial score (nSPS) is 39.0. The number of ether oxygens (including phenoxy) is 1. The molecule has 1 atom stereocenters. The molecular weight excluding hydrogens is 138 g/mol. The Morgan fingerprint density at radius 2 is 2.27 bits per heavy atom. The molecule has 2 N–H and O–H groups in total. The third-order valence-electron chi connectivity index (χ3n) is 3.05. The molecule has 2 fully saturated rings. The third kappa shape index (κ3) is 1.57. The minimum absolute atomic E-state index is 0.0467. The molecule has 2 nitrogen and oxygen atoms in total. The topological polar surface area (TPSA) is 35.2 Å². The second-order valence-corrected chi connectivity index (χ2v) is 4.17. The van der Waals surface area contributed by atoms with Crippen LogP contribution in [0.5, 0.6) is 0 Å². The van der Waals surface area contributed by atoms with Crippen LogP contribution in [0.15, 0.2) is 0 Å². The van der Waals surface area contributed by atoms with Crippen LogP contribution < -0.4 is 5.73 Å². The Labute approximate surface area is 68.1 Å². The Hall–Kier alpha value is -0.0800. The second-order valence-electron chi connectivity index (χ2n) is 4.17. The molecular formula is C9H17NO. The van der Waals surface area contributed by atoms with Gasteiger partial charge >= 0.3 is 0 Å². The molecule has 0 bridgehead atoms. The van der Waals surface area contributed by atoms with Crippen LogP contribution in [-0.2, 0) is 4.74 Å². The second kappa shape index (κ2) is 2.76. The van der Waals surface area contributed by atoms with Crippen molar-refractivity contribution in [3.05, 3.63) is 0 Å². The Morgan fingerprint density at radius 1 is 1.45 bits per heavy atom. The molecule has 1 saturated heterocycles. The van der Waals surface area contributed by atoms with Gasteiger partial charge in [0.1, 0.15) is 0 Å². The maximum absolute atomic E-state index is 6.14. The lowest BCUT2D eigenvalue weighted by Crippen LogP contribution is -2.43. The lowest BCUT2D eigenvalue weighted by Gasteiger charge is -2.33. The van der Waals surface area contributed by atoms with Crippen molar-refractivity contribution in [1.29, 1.82) is 0 Å². The van der Waals surface area contributed by atoms with E-state index in [0.29, 0.717) is 0 Å². The van der Waals surface area contributed by atoms with E-state index >= 15 is 0 Å². The van der Waals surface area contributed by atoms with E-state index < -0.39 is 0 Å². The standard InChI is InChI=1S/C9H17NO/c10-9(4-5-11-7-9)6-8-2-1-3-8/h8H,1-7,10H2. The van der Waals surface area contributed by atoms with Crippen molar-refractivity contribution >= 4 is 0 Å². The SMILES string of the molecule is NC1(CC2CCC2)CCOC1. The summed E-state index contributed by atoms with van der Waals surface area (Å²) in [5.41, 5.74) is 6.19. The smallest absolute Gasteiger partial charge is 0.0647 e. The maximum Gasteiger partial charge on any atom is 0.0647 e. The molecule has 2 rings (SSSR count). The van der Waals surface area contributed by atoms with Gasteiger partial charge in [0.15, 0.2) is 0 Å². The predicted octanol–water partition coefficient (Wildman–Crippen LogP) is 1.29. The van der Waals surface area contributed by atoms with Crippen molar-refractivity contribution in [3.63, 3.8) is 0 Å². The highest BCUT2D eigenvalue weighted by Crippen LogP contribution is 2.35. The summed E-state index contributed by atoms with van der Waals surface area (Å²) in [7, 11) is 0. The van der Waals surface area contributed by atoms with Crippen LogP contribution in [0.25, 0.3) is 0 Å². The zero-order valence-electron chi connectivity index (χ0n) is 7.01. The number of rotatable bonds is 2. The number of hydrogen-bond acceptors (Lipinski definition) is 2. The maximum atomic E-state index is 6.14. The molecule has 1 aliphatic heterocycles. The summed E-state index contributed by atoms with van der Waals surface area (Å²) in [4.78, 5) is 0. The van der Waals surface area contributed by atoms with Gasteiger partial charge in [0.25, 0.3) is 0 Å². The van der Waals surface area contributed by atoms with E-state index in [9.17, 15) is 0 Å². The first-order valence-corrected chi connectivity index (χ1v) is 4.65. The molecule has 0 aromatic carbocycles. The zero-order chi connectivity index (χ0) is 7.73. The summed E-state index contributed by atoms with van der Waals surface area (Å²) in [5.74, 6) is 0.918. The molecule has 1 aliphatic carbocycles. The molecule has 0 radical (unpaired) electrons. The molecule has 0 aromatic heterocycles. The Bertz CT molecular complexity index is 136. The molecule has 0 aromatic rings. The monoisotopic (exact) mass is 155 g/mol. The van der Waals surface area contributed by atoms with Crippen LogP contribution >= 0.6 is 0 Å². The minimum atomic E-state index is 0.0467. The van der Waals surface area contributed by atoms with Crippen LogP contribution in [0.3, 0.4) is 0 Å². The first kappa shape index (κ1) is 7.56. The first-order chi connectivity index (χ1) is 5.29. The van der Waals surface area contributed by atoms with Gasteiger partial charge in [-0.1, -0.05) is 19.3 Å². The van der Waals surface area contributed by atoms with Crippen molar-refractivity contribution in [1.82, 2.24) is 0 Å². The number of nitrogens with two attached hydrogens (primary N) is 1. The van der Waals surface area contributed by atoms with E-state index in [0.717, 1.165) is 25.6 Å². The highest BCUT2D eigenvalue weighted by atomic mass is 16.5. The van der Waals surface area contributed by atoms with Gasteiger partial charge in [-0.2, -0.15) is 0 Å². The minimum Gasteiger partial charge on any atom is -0.379 e. The van der Waals surface area contributed by atoms with Crippen LogP contribution in [-0.4, -0.2) is 18.8 Å². The zero-order valence-corrected chi connectivity index (χ0v) is 7.01. The van der Waals surface area contributed by atoms with Crippen LogP contribution in [0.4, 0.5) is 0 Å². The van der Waals surface area contributed by atoms with Gasteiger partial charge in [-0.25, -0.2) is 0 Å². The van der Waals surface area contributed by atoms with Crippen molar-refractivity contribution in [2.75, 3.05) is 13.2 Å². The summed E-state index contributed by atoms with van der Waals surface area (Å²) in [6.07, 6.45) is 6.50. The van der Waals surface area contributed by atoms with Crippen molar-refractivity contribution in [3.8, 4) is 0 Å². The molecule has 1 heterocycles. The molecule has 1 saturated carbocycles. The van der Waals surface area contributed by atoms with Crippen LogP contribution in [0.1, 0.15) is 32.1 Å². The lowest BCUT2D eigenvalue weighted by molar-refractivity contribution is 0.157. The fraction of sp³-hybridized carbons (Fsp3) is 1.00. The Morgan fingerprint density at radius 3 is 2.73 bits per heavy atom. The molecule has 1 unspecified atom stereocenters. The van der Waals surface area contributed by atoms with Crippen LogP contribution in [0.2, 0.25) is 0 Å². The van der Waals surface area contributed by atoms with Gasteiger partial charge in [0.2, 0.25) is 0 Å². The number of hydrogen-bond donors (Lipinski definition) is 1. The Kier molecular flexibility index (Phi) is 1.90. The molecule has 0 amide bonds. The van der Waals surface area contributed by atoms with Crippen molar-refractivity contribution in [2.45, 2.75) is 37.6 Å². The van der Waals surface area contributed by atoms with Crippen LogP contribution in [0, 0.1) is 5.92 Å². The molecule has 64 valence electrons. The molecule has 2 heteroatoms. The summed E-state index contributed by atoms with van der Waals surface area (Å²) in [6, 6.07) is 0. The molecule has 0 spiro atoms. The van der Waals surface area contributed by atoms with Gasteiger partial charge < -0.3 is 10.5 Å². The third-order valence-corrected chi connectivity index (χ3v) is 3.05. The average molecular weight is 155 g/mol. The van der Waals surface area contributed by atoms with E-state index in [4.69, 9.17) is 10.5 Å². The highest BCUT2D eigenvalue weighted by Gasteiger charge is 2.34. The van der Waals surface area contributed by atoms with E-state index in [1.54, 1.807) is 0 Å². The summed E-state index contributed by atoms with van der Waals surface area (Å²) < 4.78 is 5.30. The van der Waals surface area contributed by atoms with Crippen molar-refractivity contribution in [2.24, 2.45) is 11.7 Å². The fourth-order valence-electron chi connectivity index (χ4n) is 2.06. The van der Waals surface area contributed by atoms with Gasteiger partial charge in [-0.15, -0.1) is 0 Å². The largest absolute Gasteiger partial charge is 0.379 e. The molecule has 11 heavy (non-hydrogen) atoms. The van der Waals surface area contributed by atoms with E-state index in [-0.39, 0.29) is 5.54 Å². The van der Waals surface area contributed by atoms with Gasteiger partial charge in [0, 0.05) is 12.1 Å². The summed E-state index contributed by atoms with van der Waals surface area (Å²) >= 11 is 0. The van der Waals surface area contributed by atoms with E-state index in [2.05, 4.69) is 0 Å². The quantitative estimate of drug-likeness (QED) is 0.652. The fourth-order valence-corrected chi connectivity index (χ4v) is 2.06. The summed E-state index contributed by atoms with van der Waals surface area (Å²) in [6.45, 7) is 1.67. The Balaban J connectivity index is 1.82. The average Bonchev–Trinajstić information content (AvgIpc) is 2.29.